The molecule has 0 radical (unpaired) electrons. The lowest BCUT2D eigenvalue weighted by atomic mass is 10.2. The third-order valence-corrected chi connectivity index (χ3v) is 5.87. The normalized spacial score (nSPS) is 12.2. The van der Waals surface area contributed by atoms with Gasteiger partial charge in [-0.15, -0.1) is 10.2 Å². The summed E-state index contributed by atoms with van der Waals surface area (Å²) in [5.41, 5.74) is 2.10. The Kier molecular flexibility index (Phi) is 6.68. The Morgan fingerprint density at radius 1 is 1.07 bits per heavy atom. The van der Waals surface area contributed by atoms with E-state index in [0.717, 1.165) is 28.8 Å². The highest BCUT2D eigenvalue weighted by molar-refractivity contribution is 7.98. The number of nitrogens with zero attached hydrogens (tertiary/aromatic N) is 3. The van der Waals surface area contributed by atoms with Crippen molar-refractivity contribution in [2.24, 2.45) is 0 Å². The van der Waals surface area contributed by atoms with Crippen LogP contribution < -0.4 is 4.74 Å². The molecule has 0 spiro atoms. The number of aryl methyl sites for hydroxylation is 1. The Hall–Kier alpha value is -1.69. The molecular weight excluding hydrogens is 401 g/mol. The van der Waals surface area contributed by atoms with E-state index in [1.54, 1.807) is 11.8 Å². The van der Waals surface area contributed by atoms with Crippen LogP contribution in [0.3, 0.4) is 0 Å². The number of hydrogen-bond donors (Lipinski definition) is 0. The van der Waals surface area contributed by atoms with Gasteiger partial charge in [-0.3, -0.25) is 0 Å². The minimum Gasteiger partial charge on any atom is -0.483 e. The molecule has 0 aliphatic carbocycles. The Balaban J connectivity index is 1.75. The van der Waals surface area contributed by atoms with Gasteiger partial charge < -0.3 is 9.30 Å². The van der Waals surface area contributed by atoms with Crippen molar-refractivity contribution >= 4 is 35.0 Å². The van der Waals surface area contributed by atoms with Gasteiger partial charge in [0, 0.05) is 22.3 Å². The maximum atomic E-state index is 6.27. The number of ether oxygens (including phenoxy) is 1. The molecule has 0 aliphatic heterocycles. The fourth-order valence-corrected chi connectivity index (χ4v) is 4.44. The molecule has 4 nitrogen and oxygen atoms in total. The lowest BCUT2D eigenvalue weighted by Gasteiger charge is -2.16. The molecule has 1 atom stereocenters. The second-order valence-electron chi connectivity index (χ2n) is 6.15. The summed E-state index contributed by atoms with van der Waals surface area (Å²) in [7, 11) is 0. The number of halogens is 2. The third kappa shape index (κ3) is 4.78. The summed E-state index contributed by atoms with van der Waals surface area (Å²) in [5.74, 6) is 2.24. The number of aromatic nitrogens is 3. The zero-order valence-corrected chi connectivity index (χ0v) is 17.8. The van der Waals surface area contributed by atoms with E-state index in [4.69, 9.17) is 27.9 Å². The molecule has 142 valence electrons. The van der Waals surface area contributed by atoms with Gasteiger partial charge in [-0.25, -0.2) is 0 Å². The predicted octanol–water partition coefficient (Wildman–Crippen LogP) is 6.35. The highest BCUT2D eigenvalue weighted by Crippen LogP contribution is 2.32. The third-order valence-electron chi connectivity index (χ3n) is 4.17. The van der Waals surface area contributed by atoms with Crippen molar-refractivity contribution in [3.63, 3.8) is 0 Å². The first-order chi connectivity index (χ1) is 13.0. The topological polar surface area (TPSA) is 39.9 Å². The Morgan fingerprint density at radius 3 is 2.37 bits per heavy atom. The van der Waals surface area contributed by atoms with E-state index in [1.807, 2.05) is 49.4 Å². The summed E-state index contributed by atoms with van der Waals surface area (Å²) in [6.45, 7) is 6.85. The van der Waals surface area contributed by atoms with E-state index in [0.29, 0.717) is 15.8 Å². The monoisotopic (exact) mass is 421 g/mol. The zero-order valence-electron chi connectivity index (χ0n) is 15.4. The van der Waals surface area contributed by atoms with Gasteiger partial charge in [-0.1, -0.05) is 58.7 Å². The van der Waals surface area contributed by atoms with Gasteiger partial charge in [-0.05, 0) is 50.6 Å². The van der Waals surface area contributed by atoms with Crippen LogP contribution >= 0.6 is 35.0 Å². The van der Waals surface area contributed by atoms with Crippen molar-refractivity contribution < 1.29 is 4.74 Å². The number of rotatable bonds is 7. The van der Waals surface area contributed by atoms with E-state index in [1.165, 1.54) is 5.56 Å². The fraction of sp³-hybridized carbons (Fsp3) is 0.300. The van der Waals surface area contributed by atoms with E-state index >= 15 is 0 Å². The second-order valence-corrected chi connectivity index (χ2v) is 7.90. The minimum atomic E-state index is -0.210. The fourth-order valence-electron chi connectivity index (χ4n) is 2.69. The highest BCUT2D eigenvalue weighted by atomic mass is 35.5. The van der Waals surface area contributed by atoms with Crippen molar-refractivity contribution in [3.8, 4) is 5.75 Å². The largest absolute Gasteiger partial charge is 0.483 e. The molecule has 27 heavy (non-hydrogen) atoms. The van der Waals surface area contributed by atoms with Crippen LogP contribution in [0.15, 0.2) is 47.6 Å². The zero-order chi connectivity index (χ0) is 19.4. The van der Waals surface area contributed by atoms with Crippen molar-refractivity contribution in [2.45, 2.75) is 44.3 Å². The number of thioether (sulfide) groups is 1. The van der Waals surface area contributed by atoms with Crippen LogP contribution in [0.25, 0.3) is 0 Å². The molecule has 0 N–H and O–H groups in total. The van der Waals surface area contributed by atoms with Crippen molar-refractivity contribution in [2.75, 3.05) is 0 Å². The standard InChI is InChI=1S/C20H21Cl2N3OS/c1-4-25-19(14(3)26-15-10-8-13(2)9-11-15)23-24-20(25)27-12-16-17(21)6-5-7-18(16)22/h5-11,14H,4,12H2,1-3H3. The lowest BCUT2D eigenvalue weighted by Crippen LogP contribution is -2.12. The molecular formula is C20H21Cl2N3OS. The molecule has 0 fully saturated rings. The molecule has 1 unspecified atom stereocenters. The minimum absolute atomic E-state index is 0.210. The number of benzene rings is 2. The summed E-state index contributed by atoms with van der Waals surface area (Å²) >= 11 is 14.1. The average Bonchev–Trinajstić information content (AvgIpc) is 3.06. The van der Waals surface area contributed by atoms with Gasteiger partial charge in [-0.2, -0.15) is 0 Å². The average molecular weight is 422 g/mol. The maximum Gasteiger partial charge on any atom is 0.191 e. The van der Waals surface area contributed by atoms with Gasteiger partial charge in [0.2, 0.25) is 0 Å². The smallest absolute Gasteiger partial charge is 0.191 e. The summed E-state index contributed by atoms with van der Waals surface area (Å²) in [5, 5.41) is 10.9. The van der Waals surface area contributed by atoms with Crippen LogP contribution in [-0.2, 0) is 12.3 Å². The van der Waals surface area contributed by atoms with Crippen molar-refractivity contribution in [1.82, 2.24) is 14.8 Å². The molecule has 0 bridgehead atoms. The Morgan fingerprint density at radius 2 is 1.74 bits per heavy atom. The molecule has 0 saturated heterocycles. The Bertz CT molecular complexity index is 892. The Labute approximate surface area is 173 Å². The van der Waals surface area contributed by atoms with E-state index < -0.39 is 0 Å². The number of hydrogen-bond acceptors (Lipinski definition) is 4. The quantitative estimate of drug-likeness (QED) is 0.416. The first-order valence-corrected chi connectivity index (χ1v) is 10.5. The van der Waals surface area contributed by atoms with Gasteiger partial charge >= 0.3 is 0 Å². The first kappa shape index (κ1) is 20.1. The van der Waals surface area contributed by atoms with Crippen molar-refractivity contribution in [1.29, 1.82) is 0 Å². The SMILES string of the molecule is CCn1c(SCc2c(Cl)cccc2Cl)nnc1C(C)Oc1ccc(C)cc1. The maximum absolute atomic E-state index is 6.27. The van der Waals surface area contributed by atoms with Gasteiger partial charge in [0.1, 0.15) is 5.75 Å². The molecule has 1 aromatic heterocycles. The molecule has 1 heterocycles. The van der Waals surface area contributed by atoms with Crippen LogP contribution in [0, 0.1) is 6.92 Å². The van der Waals surface area contributed by atoms with Crippen LogP contribution in [0.1, 0.15) is 36.9 Å². The molecule has 0 amide bonds. The summed E-state index contributed by atoms with van der Waals surface area (Å²) in [4.78, 5) is 0. The summed E-state index contributed by atoms with van der Waals surface area (Å²) < 4.78 is 8.10. The van der Waals surface area contributed by atoms with Gasteiger partial charge in [0.25, 0.3) is 0 Å². The van der Waals surface area contributed by atoms with Gasteiger partial charge in [0.05, 0.1) is 0 Å². The van der Waals surface area contributed by atoms with E-state index in [2.05, 4.69) is 28.6 Å². The van der Waals surface area contributed by atoms with Crippen LogP contribution in [0.2, 0.25) is 10.0 Å². The first-order valence-electron chi connectivity index (χ1n) is 8.71. The summed E-state index contributed by atoms with van der Waals surface area (Å²) in [6.07, 6.45) is -0.210. The molecule has 7 heteroatoms. The van der Waals surface area contributed by atoms with E-state index in [9.17, 15) is 0 Å². The van der Waals surface area contributed by atoms with Gasteiger partial charge in [0.15, 0.2) is 17.1 Å². The second kappa shape index (κ2) is 9.00. The molecule has 0 saturated carbocycles. The molecule has 2 aromatic carbocycles. The molecule has 0 aliphatic rings. The molecule has 3 aromatic rings. The highest BCUT2D eigenvalue weighted by Gasteiger charge is 2.19. The van der Waals surface area contributed by atoms with Crippen molar-refractivity contribution in [3.05, 3.63) is 69.5 Å². The predicted molar refractivity (Wildman–Crippen MR) is 112 cm³/mol. The van der Waals surface area contributed by atoms with E-state index in [-0.39, 0.29) is 6.10 Å². The lowest BCUT2D eigenvalue weighted by molar-refractivity contribution is 0.210. The summed E-state index contributed by atoms with van der Waals surface area (Å²) in [6, 6.07) is 13.5. The van der Waals surface area contributed by atoms with Crippen LogP contribution in [0.4, 0.5) is 0 Å². The van der Waals surface area contributed by atoms with Crippen LogP contribution in [-0.4, -0.2) is 14.8 Å². The van der Waals surface area contributed by atoms with Crippen LogP contribution in [0.5, 0.6) is 5.75 Å². The molecule has 3 rings (SSSR count).